The molecule has 2 aromatic rings. The summed E-state index contributed by atoms with van der Waals surface area (Å²) < 4.78 is 0. The topological polar surface area (TPSA) is 58.2 Å². The van der Waals surface area contributed by atoms with Crippen LogP contribution in [0.3, 0.4) is 0 Å². The van der Waals surface area contributed by atoms with Crippen LogP contribution in [0.5, 0.6) is 0 Å². The largest absolute Gasteiger partial charge is 0.348 e. The van der Waals surface area contributed by atoms with Crippen molar-refractivity contribution < 1.29 is 9.59 Å². The molecule has 0 aliphatic heterocycles. The average Bonchev–Trinajstić information content (AvgIpc) is 3.12. The van der Waals surface area contributed by atoms with Crippen LogP contribution in [-0.2, 0) is 4.79 Å². The molecule has 4 nitrogen and oxygen atoms in total. The van der Waals surface area contributed by atoms with E-state index in [0.717, 1.165) is 23.3 Å². The molecule has 132 valence electrons. The van der Waals surface area contributed by atoms with Crippen LogP contribution in [-0.4, -0.2) is 17.9 Å². The Bertz CT molecular complexity index is 730. The van der Waals surface area contributed by atoms with Crippen molar-refractivity contribution in [2.24, 2.45) is 0 Å². The van der Waals surface area contributed by atoms with E-state index in [1.54, 1.807) is 18.2 Å². The maximum atomic E-state index is 12.6. The van der Waals surface area contributed by atoms with Gasteiger partial charge in [-0.1, -0.05) is 37.6 Å². The Morgan fingerprint density at radius 2 is 1.80 bits per heavy atom. The van der Waals surface area contributed by atoms with E-state index in [-0.39, 0.29) is 23.6 Å². The zero-order valence-electron chi connectivity index (χ0n) is 14.8. The van der Waals surface area contributed by atoms with E-state index in [1.807, 2.05) is 50.4 Å². The van der Waals surface area contributed by atoms with Crippen LogP contribution in [0.1, 0.15) is 47.5 Å². The molecule has 0 saturated carbocycles. The molecule has 0 saturated heterocycles. The quantitative estimate of drug-likeness (QED) is 0.733. The fraction of sp³-hybridized carbons (Fsp3) is 0.300. The van der Waals surface area contributed by atoms with E-state index >= 15 is 0 Å². The Balaban J connectivity index is 2.21. The molecule has 1 heterocycles. The second-order valence-corrected chi connectivity index (χ2v) is 6.86. The Hall–Kier alpha value is -2.40. The molecule has 0 fully saturated rings. The fourth-order valence-electron chi connectivity index (χ4n) is 2.33. The molecule has 1 aromatic carbocycles. The van der Waals surface area contributed by atoms with Crippen LogP contribution in [0.2, 0.25) is 0 Å². The van der Waals surface area contributed by atoms with E-state index in [9.17, 15) is 9.59 Å². The molecule has 0 unspecified atom stereocenters. The number of aryl methyl sites for hydroxylation is 1. The van der Waals surface area contributed by atoms with Crippen LogP contribution in [0.15, 0.2) is 47.5 Å². The number of hydrogen-bond donors (Lipinski definition) is 2. The van der Waals surface area contributed by atoms with Gasteiger partial charge in [-0.3, -0.25) is 9.59 Å². The second kappa shape index (κ2) is 9.18. The number of hydrogen-bond acceptors (Lipinski definition) is 3. The van der Waals surface area contributed by atoms with Crippen LogP contribution in [0, 0.1) is 6.92 Å². The lowest BCUT2D eigenvalue weighted by Gasteiger charge is -2.17. The molecule has 2 rings (SSSR count). The number of benzene rings is 1. The Kier molecular flexibility index (Phi) is 6.95. The van der Waals surface area contributed by atoms with Crippen LogP contribution in [0.4, 0.5) is 0 Å². The number of carbonyl (C=O) groups excluding carboxylic acids is 2. The molecule has 0 atom stereocenters. The molecule has 5 heteroatoms. The van der Waals surface area contributed by atoms with E-state index in [1.165, 1.54) is 11.3 Å². The zero-order valence-corrected chi connectivity index (χ0v) is 15.7. The number of thiophene rings is 1. The van der Waals surface area contributed by atoms with Gasteiger partial charge in [0.15, 0.2) is 0 Å². The second-order valence-electron chi connectivity index (χ2n) is 5.88. The summed E-state index contributed by atoms with van der Waals surface area (Å²) in [6.45, 7) is 6.02. The standard InChI is InChI=1S/C20H24N2O2S/c1-4-16(5-2)21-20(24)18(13-17-7-6-12-25-17)22-19(23)15-10-8-14(3)9-11-15/h6-13,16H,4-5H2,1-3H3,(H,21,24)(H,22,23)/b18-13-. The maximum absolute atomic E-state index is 12.6. The summed E-state index contributed by atoms with van der Waals surface area (Å²) in [6, 6.07) is 11.2. The molecule has 2 amide bonds. The highest BCUT2D eigenvalue weighted by Gasteiger charge is 2.17. The lowest BCUT2D eigenvalue weighted by Crippen LogP contribution is -2.39. The minimum atomic E-state index is -0.289. The van der Waals surface area contributed by atoms with Gasteiger partial charge in [-0.15, -0.1) is 11.3 Å². The molecule has 0 radical (unpaired) electrons. The maximum Gasteiger partial charge on any atom is 0.268 e. The Morgan fingerprint density at radius 1 is 1.12 bits per heavy atom. The SMILES string of the molecule is CCC(CC)NC(=O)/C(=C/c1cccs1)NC(=O)c1ccc(C)cc1. The lowest BCUT2D eigenvalue weighted by molar-refractivity contribution is -0.118. The molecule has 0 aliphatic rings. The normalized spacial score (nSPS) is 11.4. The molecule has 25 heavy (non-hydrogen) atoms. The summed E-state index contributed by atoms with van der Waals surface area (Å²) in [7, 11) is 0. The number of rotatable bonds is 7. The number of nitrogens with one attached hydrogen (secondary N) is 2. The van der Waals surface area contributed by atoms with Gasteiger partial charge in [0.05, 0.1) is 0 Å². The van der Waals surface area contributed by atoms with Gasteiger partial charge in [0.25, 0.3) is 11.8 Å². The highest BCUT2D eigenvalue weighted by molar-refractivity contribution is 7.10. The van der Waals surface area contributed by atoms with Crippen molar-refractivity contribution >= 4 is 29.2 Å². The van der Waals surface area contributed by atoms with Crippen LogP contribution in [0.25, 0.3) is 6.08 Å². The van der Waals surface area contributed by atoms with Gasteiger partial charge >= 0.3 is 0 Å². The Morgan fingerprint density at radius 3 is 2.36 bits per heavy atom. The molecule has 1 aromatic heterocycles. The third kappa shape index (κ3) is 5.57. The summed E-state index contributed by atoms with van der Waals surface area (Å²) in [5.41, 5.74) is 1.87. The van der Waals surface area contributed by atoms with Gasteiger partial charge < -0.3 is 10.6 Å². The lowest BCUT2D eigenvalue weighted by atomic mass is 10.1. The molecular formula is C20H24N2O2S. The van der Waals surface area contributed by atoms with Gasteiger partial charge in [-0.05, 0) is 49.4 Å². The minimum Gasteiger partial charge on any atom is -0.348 e. The van der Waals surface area contributed by atoms with E-state index in [0.29, 0.717) is 5.56 Å². The third-order valence-electron chi connectivity index (χ3n) is 3.96. The Labute approximate surface area is 153 Å². The van der Waals surface area contributed by atoms with Crippen molar-refractivity contribution in [3.05, 3.63) is 63.5 Å². The van der Waals surface area contributed by atoms with Crippen LogP contribution < -0.4 is 10.6 Å². The molecule has 0 aliphatic carbocycles. The van der Waals surface area contributed by atoms with Gasteiger partial charge in [0.2, 0.25) is 0 Å². The minimum absolute atomic E-state index is 0.0931. The first-order chi connectivity index (χ1) is 12.0. The van der Waals surface area contributed by atoms with Gasteiger partial charge in [-0.2, -0.15) is 0 Å². The van der Waals surface area contributed by atoms with Gasteiger partial charge in [0.1, 0.15) is 5.70 Å². The number of carbonyl (C=O) groups is 2. The molecule has 2 N–H and O–H groups in total. The predicted octanol–water partition coefficient (Wildman–Crippen LogP) is 4.13. The van der Waals surface area contributed by atoms with Crippen molar-refractivity contribution in [3.8, 4) is 0 Å². The third-order valence-corrected chi connectivity index (χ3v) is 4.78. The highest BCUT2D eigenvalue weighted by Crippen LogP contribution is 2.14. The van der Waals surface area contributed by atoms with E-state index in [4.69, 9.17) is 0 Å². The summed E-state index contributed by atoms with van der Waals surface area (Å²) in [6.07, 6.45) is 3.41. The van der Waals surface area contributed by atoms with Crippen molar-refractivity contribution in [1.29, 1.82) is 0 Å². The highest BCUT2D eigenvalue weighted by atomic mass is 32.1. The fourth-order valence-corrected chi connectivity index (χ4v) is 2.99. The van der Waals surface area contributed by atoms with Gasteiger partial charge in [-0.25, -0.2) is 0 Å². The number of amides is 2. The van der Waals surface area contributed by atoms with Crippen molar-refractivity contribution in [3.63, 3.8) is 0 Å². The van der Waals surface area contributed by atoms with Crippen LogP contribution >= 0.6 is 11.3 Å². The van der Waals surface area contributed by atoms with E-state index in [2.05, 4.69) is 10.6 Å². The monoisotopic (exact) mass is 356 g/mol. The molecule has 0 spiro atoms. The van der Waals surface area contributed by atoms with Crippen molar-refractivity contribution in [2.75, 3.05) is 0 Å². The summed E-state index contributed by atoms with van der Waals surface area (Å²) in [5.74, 6) is -0.551. The average molecular weight is 356 g/mol. The first-order valence-corrected chi connectivity index (χ1v) is 9.35. The summed E-state index contributed by atoms with van der Waals surface area (Å²) in [5, 5.41) is 7.67. The first kappa shape index (κ1) is 18.9. The molecular weight excluding hydrogens is 332 g/mol. The zero-order chi connectivity index (χ0) is 18.2. The molecule has 0 bridgehead atoms. The first-order valence-electron chi connectivity index (χ1n) is 8.47. The summed E-state index contributed by atoms with van der Waals surface area (Å²) >= 11 is 1.52. The summed E-state index contributed by atoms with van der Waals surface area (Å²) in [4.78, 5) is 26.0. The van der Waals surface area contributed by atoms with Crippen molar-refractivity contribution in [2.45, 2.75) is 39.7 Å². The predicted molar refractivity (Wildman–Crippen MR) is 103 cm³/mol. The smallest absolute Gasteiger partial charge is 0.268 e. The van der Waals surface area contributed by atoms with Gasteiger partial charge in [0, 0.05) is 16.5 Å². The van der Waals surface area contributed by atoms with E-state index < -0.39 is 0 Å². The van der Waals surface area contributed by atoms with Crippen molar-refractivity contribution in [1.82, 2.24) is 10.6 Å².